The Morgan fingerprint density at radius 2 is 1.07 bits per heavy atom. The van der Waals surface area contributed by atoms with Crippen LogP contribution in [-0.4, -0.2) is 5.71 Å². The number of hydrogen-bond acceptors (Lipinski definition) is 1. The minimum atomic E-state index is 0.481. The molecule has 1 N–H and O–H groups in total. The van der Waals surface area contributed by atoms with Crippen LogP contribution in [-0.2, 0) is 0 Å². The minimum Gasteiger partial charge on any atom is -0.300 e. The molecule has 0 amide bonds. The van der Waals surface area contributed by atoms with Gasteiger partial charge in [0, 0.05) is 5.56 Å². The average Bonchev–Trinajstić information content (AvgIpc) is 3.07. The average molecular weight is 564 g/mol. The lowest BCUT2D eigenvalue weighted by Gasteiger charge is -2.19. The van der Waals surface area contributed by atoms with Crippen LogP contribution in [0.15, 0.2) is 158 Å². The molecule has 0 heterocycles. The second-order valence-corrected chi connectivity index (χ2v) is 11.5. The van der Waals surface area contributed by atoms with E-state index in [1.54, 1.807) is 6.08 Å². The van der Waals surface area contributed by atoms with Crippen molar-refractivity contribution in [2.75, 3.05) is 0 Å². The van der Waals surface area contributed by atoms with Gasteiger partial charge in [-0.3, -0.25) is 0 Å². The molecule has 0 radical (unpaired) electrons. The summed E-state index contributed by atoms with van der Waals surface area (Å²) in [4.78, 5) is 0. The molecule has 7 aromatic carbocycles. The molecule has 210 valence electrons. The van der Waals surface area contributed by atoms with Crippen molar-refractivity contribution in [3.05, 3.63) is 169 Å². The molecule has 0 spiro atoms. The number of fused-ring (bicyclic) bond motifs is 3. The first kappa shape index (κ1) is 27.3. The minimum absolute atomic E-state index is 0.481. The summed E-state index contributed by atoms with van der Waals surface area (Å²) in [6.07, 6.45) is 3.66. The summed E-state index contributed by atoms with van der Waals surface area (Å²) < 4.78 is 0. The number of benzene rings is 7. The van der Waals surface area contributed by atoms with E-state index in [2.05, 4.69) is 141 Å². The van der Waals surface area contributed by atoms with Gasteiger partial charge in [-0.25, -0.2) is 0 Å². The van der Waals surface area contributed by atoms with Crippen LogP contribution < -0.4 is 0 Å². The molecule has 44 heavy (non-hydrogen) atoms. The van der Waals surface area contributed by atoms with Crippen LogP contribution in [0.3, 0.4) is 0 Å². The van der Waals surface area contributed by atoms with Gasteiger partial charge in [-0.2, -0.15) is 0 Å². The monoisotopic (exact) mass is 563 g/mol. The summed E-state index contributed by atoms with van der Waals surface area (Å²) in [6, 6.07) is 48.1. The van der Waals surface area contributed by atoms with E-state index in [9.17, 15) is 0 Å². The molecule has 0 aliphatic carbocycles. The van der Waals surface area contributed by atoms with E-state index in [4.69, 9.17) is 5.41 Å². The first-order valence-electron chi connectivity index (χ1n) is 15.1. The van der Waals surface area contributed by atoms with Gasteiger partial charge in [0.25, 0.3) is 0 Å². The lowest BCUT2D eigenvalue weighted by molar-refractivity contribution is 1.46. The topological polar surface area (TPSA) is 23.9 Å². The molecule has 0 fully saturated rings. The van der Waals surface area contributed by atoms with Crippen molar-refractivity contribution in [1.29, 1.82) is 5.41 Å². The number of nitrogens with one attached hydrogen (secondary N) is 1. The van der Waals surface area contributed by atoms with Crippen LogP contribution in [0.1, 0.15) is 18.1 Å². The molecule has 0 saturated carbocycles. The predicted molar refractivity (Wildman–Crippen MR) is 191 cm³/mol. The van der Waals surface area contributed by atoms with Crippen molar-refractivity contribution >= 4 is 38.0 Å². The van der Waals surface area contributed by atoms with Crippen LogP contribution in [0.5, 0.6) is 0 Å². The fourth-order valence-electron chi connectivity index (χ4n) is 6.45. The lowest BCUT2D eigenvalue weighted by Crippen LogP contribution is -1.97. The molecule has 7 aromatic rings. The molecule has 0 unspecified atom stereocenters. The SMILES string of the molecule is C=C/C(C)=C\C(=N)c1cccc(-c2c3ccccc3c(-c3cccc4c(-c5ccc(C)cc5)cccc34)c3ccccc23)c1. The van der Waals surface area contributed by atoms with E-state index in [0.29, 0.717) is 5.71 Å². The van der Waals surface area contributed by atoms with Gasteiger partial charge in [0.2, 0.25) is 0 Å². The van der Waals surface area contributed by atoms with Gasteiger partial charge >= 0.3 is 0 Å². The number of allylic oxidation sites excluding steroid dienone is 3. The van der Waals surface area contributed by atoms with Crippen molar-refractivity contribution < 1.29 is 0 Å². The van der Waals surface area contributed by atoms with Gasteiger partial charge in [-0.05, 0) is 97.3 Å². The van der Waals surface area contributed by atoms with Gasteiger partial charge in [0.05, 0.1) is 5.71 Å². The quantitative estimate of drug-likeness (QED) is 0.118. The van der Waals surface area contributed by atoms with Gasteiger partial charge in [0.1, 0.15) is 0 Å². The lowest BCUT2D eigenvalue weighted by atomic mass is 9.84. The molecule has 1 heteroatoms. The maximum atomic E-state index is 8.74. The summed E-state index contributed by atoms with van der Waals surface area (Å²) in [5.41, 5.74) is 10.9. The van der Waals surface area contributed by atoms with E-state index >= 15 is 0 Å². The third-order valence-electron chi connectivity index (χ3n) is 8.64. The van der Waals surface area contributed by atoms with Crippen LogP contribution in [0.2, 0.25) is 0 Å². The number of aryl methyl sites for hydroxylation is 1. The third-order valence-corrected chi connectivity index (χ3v) is 8.64. The van der Waals surface area contributed by atoms with Crippen LogP contribution >= 0.6 is 0 Å². The zero-order valence-corrected chi connectivity index (χ0v) is 25.1. The van der Waals surface area contributed by atoms with Crippen molar-refractivity contribution in [1.82, 2.24) is 0 Å². The Hall–Kier alpha value is -5.53. The third kappa shape index (κ3) is 4.73. The summed E-state index contributed by atoms with van der Waals surface area (Å²) in [6.45, 7) is 7.96. The maximum Gasteiger partial charge on any atom is 0.0615 e. The Morgan fingerprint density at radius 3 is 1.68 bits per heavy atom. The fourth-order valence-corrected chi connectivity index (χ4v) is 6.45. The van der Waals surface area contributed by atoms with Crippen molar-refractivity contribution in [3.8, 4) is 33.4 Å². The number of rotatable bonds is 6. The zero-order valence-electron chi connectivity index (χ0n) is 25.1. The summed E-state index contributed by atoms with van der Waals surface area (Å²) in [7, 11) is 0. The van der Waals surface area contributed by atoms with Crippen LogP contribution in [0.4, 0.5) is 0 Å². The zero-order chi connectivity index (χ0) is 30.2. The molecule has 0 aliphatic heterocycles. The van der Waals surface area contributed by atoms with Crippen molar-refractivity contribution in [2.45, 2.75) is 13.8 Å². The highest BCUT2D eigenvalue weighted by Crippen LogP contribution is 2.46. The Labute approximate surface area is 259 Å². The molecule has 0 bridgehead atoms. The van der Waals surface area contributed by atoms with E-state index in [1.165, 1.54) is 65.7 Å². The van der Waals surface area contributed by atoms with E-state index in [-0.39, 0.29) is 0 Å². The van der Waals surface area contributed by atoms with Crippen LogP contribution in [0, 0.1) is 12.3 Å². The Morgan fingerprint density at radius 1 is 0.545 bits per heavy atom. The Bertz CT molecular complexity index is 2210. The Kier molecular flexibility index (Phi) is 7.00. The first-order valence-corrected chi connectivity index (χ1v) is 15.1. The van der Waals surface area contributed by atoms with E-state index in [1.807, 2.05) is 19.1 Å². The van der Waals surface area contributed by atoms with E-state index in [0.717, 1.165) is 16.7 Å². The number of hydrogen-bond donors (Lipinski definition) is 1. The largest absolute Gasteiger partial charge is 0.300 e. The molecule has 1 nitrogen and oxygen atoms in total. The molecule has 7 rings (SSSR count). The highest BCUT2D eigenvalue weighted by Gasteiger charge is 2.19. The molecule has 0 aliphatic rings. The molecular weight excluding hydrogens is 530 g/mol. The molecule has 0 aromatic heterocycles. The highest BCUT2D eigenvalue weighted by atomic mass is 14.4. The van der Waals surface area contributed by atoms with Crippen LogP contribution in [0.25, 0.3) is 65.7 Å². The fraction of sp³-hybridized carbons (Fsp3) is 0.0465. The van der Waals surface area contributed by atoms with Crippen molar-refractivity contribution in [2.24, 2.45) is 0 Å². The maximum absolute atomic E-state index is 8.74. The second kappa shape index (κ2) is 11.3. The molecule has 0 saturated heterocycles. The van der Waals surface area contributed by atoms with Crippen molar-refractivity contribution in [3.63, 3.8) is 0 Å². The smallest absolute Gasteiger partial charge is 0.0615 e. The van der Waals surface area contributed by atoms with Gasteiger partial charge in [0.15, 0.2) is 0 Å². The summed E-state index contributed by atoms with van der Waals surface area (Å²) >= 11 is 0. The molecule has 0 atom stereocenters. The van der Waals surface area contributed by atoms with Gasteiger partial charge in [-0.1, -0.05) is 146 Å². The summed E-state index contributed by atoms with van der Waals surface area (Å²) in [5.74, 6) is 0. The first-order chi connectivity index (χ1) is 21.5. The second-order valence-electron chi connectivity index (χ2n) is 11.5. The predicted octanol–water partition coefficient (Wildman–Crippen LogP) is 12.0. The normalized spacial score (nSPS) is 11.7. The highest BCUT2D eigenvalue weighted by molar-refractivity contribution is 6.24. The molecular formula is C43H33N. The standard InChI is InChI=1S/C43H33N/c1-4-28(2)26-41(44)31-12-9-13-32(27-31)42-37-14-5-7-16-39(37)43(40-17-8-6-15-38(40)42)36-21-11-19-34-33(18-10-20-35(34)36)30-24-22-29(3)23-25-30/h4-27,44H,1H2,2-3H3/b28-26-,44-41?. The van der Waals surface area contributed by atoms with E-state index < -0.39 is 0 Å². The summed E-state index contributed by atoms with van der Waals surface area (Å²) in [5, 5.41) is 16.1. The van der Waals surface area contributed by atoms with Gasteiger partial charge < -0.3 is 5.41 Å². The Balaban J connectivity index is 1.52. The van der Waals surface area contributed by atoms with Gasteiger partial charge in [-0.15, -0.1) is 0 Å².